The lowest BCUT2D eigenvalue weighted by Crippen LogP contribution is -2.33. The minimum Gasteiger partial charge on any atom is -0.387 e. The molecule has 6 N–H and O–H groups in total. The third-order valence-corrected chi connectivity index (χ3v) is 3.66. The Morgan fingerprint density at radius 2 is 2.14 bits per heavy atom. The Morgan fingerprint density at radius 3 is 2.71 bits per heavy atom. The summed E-state index contributed by atoms with van der Waals surface area (Å²) in [5.74, 6) is 0.186. The highest BCUT2D eigenvalue weighted by atomic mass is 32.1. The number of nitrogen functional groups attached to an aromatic ring is 1. The molecule has 4 atom stereocenters. The van der Waals surface area contributed by atoms with Gasteiger partial charge in [-0.15, -0.1) is 0 Å². The molecule has 21 heavy (non-hydrogen) atoms. The first-order valence-corrected chi connectivity index (χ1v) is 7.69. The molecule has 2 rings (SSSR count). The number of phosphoric ester groups is 1. The molecule has 0 radical (unpaired) electrons. The van der Waals surface area contributed by atoms with Gasteiger partial charge in [0.1, 0.15) is 24.1 Å². The predicted molar refractivity (Wildman–Crippen MR) is 71.4 cm³/mol. The van der Waals surface area contributed by atoms with Crippen LogP contribution in [0.5, 0.6) is 0 Å². The van der Waals surface area contributed by atoms with Gasteiger partial charge in [-0.1, -0.05) is 0 Å². The lowest BCUT2D eigenvalue weighted by Gasteiger charge is -2.18. The van der Waals surface area contributed by atoms with Crippen LogP contribution in [0.1, 0.15) is 6.23 Å². The predicted octanol–water partition coefficient (Wildman–Crippen LogP) is -1.08. The Morgan fingerprint density at radius 1 is 1.48 bits per heavy atom. The van der Waals surface area contributed by atoms with Crippen LogP contribution in [-0.2, 0) is 13.8 Å². The molecule has 1 aliphatic heterocycles. The Labute approximate surface area is 124 Å². The van der Waals surface area contributed by atoms with Gasteiger partial charge in [0.05, 0.1) is 6.61 Å². The van der Waals surface area contributed by atoms with Crippen LogP contribution in [-0.4, -0.2) is 54.5 Å². The van der Waals surface area contributed by atoms with E-state index in [4.69, 9.17) is 32.5 Å². The first kappa shape index (κ1) is 16.5. The van der Waals surface area contributed by atoms with Gasteiger partial charge in [-0.3, -0.25) is 9.09 Å². The molecule has 1 fully saturated rings. The van der Waals surface area contributed by atoms with Crippen molar-refractivity contribution in [3.8, 4) is 0 Å². The van der Waals surface area contributed by atoms with Crippen molar-refractivity contribution in [3.05, 3.63) is 17.0 Å². The molecule has 10 nitrogen and oxygen atoms in total. The van der Waals surface area contributed by atoms with Crippen LogP contribution in [0.25, 0.3) is 0 Å². The summed E-state index contributed by atoms with van der Waals surface area (Å²) in [6.45, 7) is -0.589. The second-order valence-electron chi connectivity index (χ2n) is 4.37. The van der Waals surface area contributed by atoms with E-state index in [1.807, 2.05) is 0 Å². The monoisotopic (exact) mass is 339 g/mol. The first-order valence-electron chi connectivity index (χ1n) is 5.75. The van der Waals surface area contributed by atoms with Gasteiger partial charge in [0.25, 0.3) is 0 Å². The number of ether oxygens (including phenoxy) is 1. The minimum absolute atomic E-state index is 0.0304. The maximum Gasteiger partial charge on any atom is 0.469 e. The van der Waals surface area contributed by atoms with Gasteiger partial charge in [0.15, 0.2) is 6.23 Å². The van der Waals surface area contributed by atoms with Gasteiger partial charge in [-0.2, -0.15) is 0 Å². The molecule has 0 aromatic carbocycles. The number of phosphoric acid groups is 1. The van der Waals surface area contributed by atoms with Gasteiger partial charge in [-0.05, 0) is 18.3 Å². The highest BCUT2D eigenvalue weighted by Crippen LogP contribution is 2.38. The van der Waals surface area contributed by atoms with E-state index in [2.05, 4.69) is 9.51 Å². The maximum absolute atomic E-state index is 10.6. The second-order valence-corrected chi connectivity index (χ2v) is 5.98. The zero-order valence-corrected chi connectivity index (χ0v) is 12.2. The molecule has 0 saturated carbocycles. The van der Waals surface area contributed by atoms with Crippen molar-refractivity contribution in [1.82, 2.24) is 9.55 Å². The van der Waals surface area contributed by atoms with Gasteiger partial charge in [0, 0.05) is 6.20 Å². The number of aliphatic hydroxyl groups excluding tert-OH is 2. The largest absolute Gasteiger partial charge is 0.469 e. The van der Waals surface area contributed by atoms with Crippen molar-refractivity contribution in [3.63, 3.8) is 0 Å². The first-order chi connectivity index (χ1) is 9.69. The molecular formula is C9H14N3O7PS. The maximum atomic E-state index is 10.6. The van der Waals surface area contributed by atoms with Crippen LogP contribution in [0.3, 0.4) is 0 Å². The number of aliphatic hydroxyl groups is 2. The number of aromatic nitrogens is 2. The zero-order chi connectivity index (χ0) is 15.8. The molecule has 12 heteroatoms. The summed E-state index contributed by atoms with van der Waals surface area (Å²) in [5, 5.41) is 19.8. The fourth-order valence-corrected chi connectivity index (χ4v) is 2.50. The number of hydrogen-bond acceptors (Lipinski definition) is 8. The van der Waals surface area contributed by atoms with Crippen molar-refractivity contribution >= 4 is 25.9 Å². The van der Waals surface area contributed by atoms with Gasteiger partial charge in [-0.25, -0.2) is 9.55 Å². The molecule has 0 aliphatic carbocycles. The van der Waals surface area contributed by atoms with E-state index in [1.54, 1.807) is 0 Å². The van der Waals surface area contributed by atoms with E-state index in [1.165, 1.54) is 16.8 Å². The van der Waals surface area contributed by atoms with Crippen LogP contribution in [0, 0.1) is 4.77 Å². The Bertz CT molecular complexity index is 620. The fraction of sp³-hybridized carbons (Fsp3) is 0.556. The van der Waals surface area contributed by atoms with Crippen LogP contribution in [0.15, 0.2) is 12.3 Å². The normalized spacial score (nSPS) is 29.7. The number of rotatable bonds is 4. The van der Waals surface area contributed by atoms with Gasteiger partial charge >= 0.3 is 7.82 Å². The van der Waals surface area contributed by atoms with E-state index >= 15 is 0 Å². The molecule has 1 aromatic heterocycles. The van der Waals surface area contributed by atoms with Crippen molar-refractivity contribution < 1.29 is 33.8 Å². The average molecular weight is 339 g/mol. The SMILES string of the molecule is Nc1ccn([C@@H]2O[C@H](COP(=O)(O)O)C(O)C2O)c(=S)n1. The van der Waals surface area contributed by atoms with Crippen molar-refractivity contribution in [2.75, 3.05) is 12.3 Å². The van der Waals surface area contributed by atoms with Crippen molar-refractivity contribution in [2.24, 2.45) is 0 Å². The number of nitrogens with two attached hydrogens (primary N) is 1. The van der Waals surface area contributed by atoms with Crippen LogP contribution < -0.4 is 5.73 Å². The van der Waals surface area contributed by atoms with E-state index in [0.717, 1.165) is 0 Å². The highest BCUT2D eigenvalue weighted by molar-refractivity contribution is 7.71. The van der Waals surface area contributed by atoms with E-state index in [-0.39, 0.29) is 10.6 Å². The summed E-state index contributed by atoms with van der Waals surface area (Å²) in [4.78, 5) is 21.1. The summed E-state index contributed by atoms with van der Waals surface area (Å²) < 4.78 is 21.6. The van der Waals surface area contributed by atoms with E-state index < -0.39 is 39.0 Å². The molecule has 2 unspecified atom stereocenters. The van der Waals surface area contributed by atoms with Gasteiger partial charge < -0.3 is 30.5 Å². The molecule has 1 aromatic rings. The molecule has 0 bridgehead atoms. The lowest BCUT2D eigenvalue weighted by atomic mass is 10.1. The quantitative estimate of drug-likeness (QED) is 0.337. The summed E-state index contributed by atoms with van der Waals surface area (Å²) >= 11 is 4.97. The van der Waals surface area contributed by atoms with Crippen molar-refractivity contribution in [1.29, 1.82) is 0 Å². The van der Waals surface area contributed by atoms with Crippen LogP contribution in [0.4, 0.5) is 5.82 Å². The highest BCUT2D eigenvalue weighted by Gasteiger charge is 2.44. The fourth-order valence-electron chi connectivity index (χ4n) is 1.89. The molecule has 1 aliphatic rings. The molecule has 1 saturated heterocycles. The zero-order valence-electron chi connectivity index (χ0n) is 10.5. The topological polar surface area (TPSA) is 160 Å². The lowest BCUT2D eigenvalue weighted by molar-refractivity contribution is -0.0533. The minimum atomic E-state index is -4.70. The Balaban J connectivity index is 2.16. The third kappa shape index (κ3) is 3.84. The average Bonchev–Trinajstić information content (AvgIpc) is 2.64. The van der Waals surface area contributed by atoms with E-state index in [9.17, 15) is 14.8 Å². The second kappa shape index (κ2) is 6.07. The van der Waals surface area contributed by atoms with Gasteiger partial charge in [0.2, 0.25) is 4.77 Å². The van der Waals surface area contributed by atoms with Crippen molar-refractivity contribution in [2.45, 2.75) is 24.5 Å². The van der Waals surface area contributed by atoms with Crippen LogP contribution in [0.2, 0.25) is 0 Å². The smallest absolute Gasteiger partial charge is 0.387 e. The molecule has 0 spiro atoms. The number of hydrogen-bond donors (Lipinski definition) is 5. The van der Waals surface area contributed by atoms with E-state index in [0.29, 0.717) is 0 Å². The standard InChI is InChI=1S/C9H14N3O7PS/c10-5-1-2-12(9(21)11-5)8-7(14)6(13)4(19-8)3-18-20(15,16)17/h1-2,4,6-8,13-14H,3H2,(H2,10,11,21)(H2,15,16,17)/t4-,6?,7?,8-/m1/s1. The summed E-state index contributed by atoms with van der Waals surface area (Å²) in [7, 11) is -4.70. The van der Waals surface area contributed by atoms with Crippen LogP contribution >= 0.6 is 20.0 Å². The summed E-state index contributed by atoms with van der Waals surface area (Å²) in [5.41, 5.74) is 5.46. The summed E-state index contributed by atoms with van der Waals surface area (Å²) in [6.07, 6.45) is -3.53. The number of anilines is 1. The Kier molecular flexibility index (Phi) is 4.76. The third-order valence-electron chi connectivity index (χ3n) is 2.87. The number of nitrogens with zero attached hydrogens (tertiary/aromatic N) is 2. The molecular weight excluding hydrogens is 325 g/mol. The molecule has 0 amide bonds. The Hall–Kier alpha value is -0.910. The molecule has 118 valence electrons. The molecule has 2 heterocycles. The summed E-state index contributed by atoms with van der Waals surface area (Å²) in [6, 6.07) is 1.43.